The van der Waals surface area contributed by atoms with Gasteiger partial charge in [0.05, 0.1) is 17.5 Å². The highest BCUT2D eigenvalue weighted by Crippen LogP contribution is 2.37. The molecule has 0 aliphatic carbocycles. The fourth-order valence-electron chi connectivity index (χ4n) is 4.28. The van der Waals surface area contributed by atoms with Crippen molar-refractivity contribution in [1.29, 1.82) is 0 Å². The van der Waals surface area contributed by atoms with Gasteiger partial charge >= 0.3 is 0 Å². The van der Waals surface area contributed by atoms with Crippen LogP contribution in [-0.2, 0) is 23.1 Å². The van der Waals surface area contributed by atoms with Gasteiger partial charge in [0.1, 0.15) is 5.75 Å². The van der Waals surface area contributed by atoms with Gasteiger partial charge in [-0.25, -0.2) is 0 Å². The topological polar surface area (TPSA) is 80.6 Å². The van der Waals surface area contributed by atoms with E-state index in [9.17, 15) is 9.59 Å². The predicted molar refractivity (Wildman–Crippen MR) is 122 cm³/mol. The first-order valence-electron chi connectivity index (χ1n) is 10.5. The fraction of sp³-hybridized carbons (Fsp3) is 0.304. The first kappa shape index (κ1) is 20.6. The van der Waals surface area contributed by atoms with Crippen LogP contribution in [0, 0.1) is 0 Å². The van der Waals surface area contributed by atoms with E-state index in [1.807, 2.05) is 65.9 Å². The Hall–Kier alpha value is -3.33. The van der Waals surface area contributed by atoms with Crippen molar-refractivity contribution in [3.05, 3.63) is 59.9 Å². The van der Waals surface area contributed by atoms with Crippen molar-refractivity contribution in [3.8, 4) is 5.75 Å². The summed E-state index contributed by atoms with van der Waals surface area (Å²) in [6.45, 7) is 2.62. The second kappa shape index (κ2) is 8.31. The molecule has 0 saturated heterocycles. The van der Waals surface area contributed by atoms with Crippen LogP contribution in [0.3, 0.4) is 0 Å². The predicted octanol–water partition coefficient (Wildman–Crippen LogP) is 2.98. The Balaban J connectivity index is 1.31. The van der Waals surface area contributed by atoms with Gasteiger partial charge in [0.25, 0.3) is 5.91 Å². The molecule has 2 aliphatic rings. The third-order valence-electron chi connectivity index (χ3n) is 5.89. The number of hydrogen-bond donors (Lipinski definition) is 0. The second-order valence-corrected chi connectivity index (χ2v) is 8.75. The fourth-order valence-corrected chi connectivity index (χ4v) is 5.07. The average Bonchev–Trinajstić information content (AvgIpc) is 3.40. The quantitative estimate of drug-likeness (QED) is 0.557. The molecule has 8 nitrogen and oxygen atoms in total. The zero-order chi connectivity index (χ0) is 22.2. The minimum Gasteiger partial charge on any atom is -0.482 e. The van der Waals surface area contributed by atoms with Gasteiger partial charge in [-0.2, -0.15) is 0 Å². The Labute approximate surface area is 190 Å². The summed E-state index contributed by atoms with van der Waals surface area (Å²) in [5, 5.41) is 9.27. The molecule has 2 aliphatic heterocycles. The number of carbonyl (C=O) groups is 2. The number of rotatable bonds is 5. The molecule has 3 aromatic rings. The van der Waals surface area contributed by atoms with Crippen LogP contribution >= 0.6 is 11.8 Å². The largest absolute Gasteiger partial charge is 0.482 e. The third-order valence-corrected chi connectivity index (χ3v) is 6.89. The number of ether oxygens (including phenoxy) is 1. The van der Waals surface area contributed by atoms with Crippen LogP contribution in [0.4, 0.5) is 11.4 Å². The zero-order valence-electron chi connectivity index (χ0n) is 17.9. The van der Waals surface area contributed by atoms with Gasteiger partial charge in [-0.3, -0.25) is 14.5 Å². The van der Waals surface area contributed by atoms with Crippen LogP contribution in [0.15, 0.2) is 53.7 Å². The van der Waals surface area contributed by atoms with Crippen molar-refractivity contribution in [3.63, 3.8) is 0 Å². The molecule has 2 amide bonds. The van der Waals surface area contributed by atoms with Crippen molar-refractivity contribution in [1.82, 2.24) is 14.8 Å². The summed E-state index contributed by atoms with van der Waals surface area (Å²) >= 11 is 1.36. The van der Waals surface area contributed by atoms with E-state index in [1.54, 1.807) is 4.90 Å². The summed E-state index contributed by atoms with van der Waals surface area (Å²) in [4.78, 5) is 29.0. The molecular weight excluding hydrogens is 426 g/mol. The molecule has 1 unspecified atom stereocenters. The highest BCUT2D eigenvalue weighted by Gasteiger charge is 2.33. The minimum atomic E-state index is -0.333. The minimum absolute atomic E-state index is 0.00732. The van der Waals surface area contributed by atoms with Crippen LogP contribution in [0.2, 0.25) is 0 Å². The van der Waals surface area contributed by atoms with Gasteiger partial charge in [0.2, 0.25) is 5.91 Å². The smallest absolute Gasteiger partial charge is 0.265 e. The molecule has 164 valence electrons. The molecule has 32 heavy (non-hydrogen) atoms. The van der Waals surface area contributed by atoms with Crippen LogP contribution in [0.25, 0.3) is 0 Å². The summed E-state index contributed by atoms with van der Waals surface area (Å²) in [5.74, 6) is 1.52. The van der Waals surface area contributed by atoms with Crippen molar-refractivity contribution in [2.24, 2.45) is 7.05 Å². The lowest BCUT2D eigenvalue weighted by Crippen LogP contribution is -2.41. The Morgan fingerprint density at radius 2 is 1.88 bits per heavy atom. The maximum Gasteiger partial charge on any atom is 0.265 e. The van der Waals surface area contributed by atoms with Crippen LogP contribution < -0.4 is 14.5 Å². The number of nitrogens with zero attached hydrogens (tertiary/aromatic N) is 5. The lowest BCUT2D eigenvalue weighted by Gasteiger charge is -2.33. The highest BCUT2D eigenvalue weighted by molar-refractivity contribution is 7.99. The van der Waals surface area contributed by atoms with Crippen molar-refractivity contribution >= 4 is 35.0 Å². The number of anilines is 2. The zero-order valence-corrected chi connectivity index (χ0v) is 18.7. The van der Waals surface area contributed by atoms with E-state index in [-0.39, 0.29) is 30.2 Å². The Morgan fingerprint density at radius 1 is 1.12 bits per heavy atom. The number of hydrogen-bond acceptors (Lipinski definition) is 6. The molecule has 5 rings (SSSR count). The number of aromatic nitrogens is 3. The van der Waals surface area contributed by atoms with Gasteiger partial charge < -0.3 is 14.2 Å². The number of carbonyl (C=O) groups excluding carboxylic acids is 2. The van der Waals surface area contributed by atoms with Crippen molar-refractivity contribution in [2.45, 2.75) is 24.5 Å². The van der Waals surface area contributed by atoms with Gasteiger partial charge in [0, 0.05) is 19.3 Å². The standard InChI is InChI=1S/C23H23N5O3S/c1-15(28-18-9-5-6-10-19(18)31-13-20(28)29)22-24-25-23(26(22)2)32-14-21(30)27-12-11-16-7-3-4-8-17(16)27/h3-10,15H,11-14H2,1-2H3. The SMILES string of the molecule is CC(c1nnc(SCC(=O)N2CCc3ccccc32)n1C)N1C(=O)COc2ccccc21. The molecular formula is C23H23N5O3S. The molecule has 0 bridgehead atoms. The molecule has 2 aromatic carbocycles. The summed E-state index contributed by atoms with van der Waals surface area (Å²) in [6.07, 6.45) is 0.882. The summed E-state index contributed by atoms with van der Waals surface area (Å²) in [6, 6.07) is 15.1. The molecule has 1 aromatic heterocycles. The Bertz CT molecular complexity index is 1190. The molecule has 1 atom stereocenters. The molecule has 0 fully saturated rings. The molecule has 9 heteroatoms. The maximum atomic E-state index is 12.8. The first-order chi connectivity index (χ1) is 15.5. The highest BCUT2D eigenvalue weighted by atomic mass is 32.2. The van der Waals surface area contributed by atoms with Gasteiger partial charge in [0.15, 0.2) is 17.6 Å². The monoisotopic (exact) mass is 449 g/mol. The van der Waals surface area contributed by atoms with Gasteiger partial charge in [-0.1, -0.05) is 42.1 Å². The summed E-state index contributed by atoms with van der Waals surface area (Å²) < 4.78 is 7.40. The normalized spacial score (nSPS) is 15.9. The second-order valence-electron chi connectivity index (χ2n) is 7.81. The van der Waals surface area contributed by atoms with E-state index < -0.39 is 0 Å². The lowest BCUT2D eigenvalue weighted by atomic mass is 10.1. The molecule has 0 saturated carbocycles. The van der Waals surface area contributed by atoms with E-state index in [0.717, 1.165) is 17.8 Å². The number of amides is 2. The van der Waals surface area contributed by atoms with Crippen LogP contribution in [-0.4, -0.2) is 45.5 Å². The maximum absolute atomic E-state index is 12.8. The Morgan fingerprint density at radius 3 is 2.72 bits per heavy atom. The van der Waals surface area contributed by atoms with E-state index >= 15 is 0 Å². The third kappa shape index (κ3) is 3.52. The van der Waals surface area contributed by atoms with E-state index in [4.69, 9.17) is 4.74 Å². The number of benzene rings is 2. The summed E-state index contributed by atoms with van der Waals surface area (Å²) in [5.41, 5.74) is 2.92. The number of para-hydroxylation sites is 3. The van der Waals surface area contributed by atoms with Crippen LogP contribution in [0.5, 0.6) is 5.75 Å². The molecule has 0 N–H and O–H groups in total. The molecule has 0 radical (unpaired) electrons. The van der Waals surface area contributed by atoms with Gasteiger partial charge in [-0.15, -0.1) is 10.2 Å². The number of thioether (sulfide) groups is 1. The van der Waals surface area contributed by atoms with Crippen molar-refractivity contribution in [2.75, 3.05) is 28.7 Å². The Kier molecular flexibility index (Phi) is 5.34. The molecule has 0 spiro atoms. The van der Waals surface area contributed by atoms with Crippen molar-refractivity contribution < 1.29 is 14.3 Å². The first-order valence-corrected chi connectivity index (χ1v) is 11.5. The van der Waals surface area contributed by atoms with E-state index in [0.29, 0.717) is 23.3 Å². The van der Waals surface area contributed by atoms with E-state index in [1.165, 1.54) is 17.3 Å². The van der Waals surface area contributed by atoms with Gasteiger partial charge in [-0.05, 0) is 37.1 Å². The number of fused-ring (bicyclic) bond motifs is 2. The lowest BCUT2D eigenvalue weighted by molar-refractivity contribution is -0.121. The average molecular weight is 450 g/mol. The molecule has 3 heterocycles. The van der Waals surface area contributed by atoms with Crippen LogP contribution in [0.1, 0.15) is 24.4 Å². The summed E-state index contributed by atoms with van der Waals surface area (Å²) in [7, 11) is 1.86. The van der Waals surface area contributed by atoms with E-state index in [2.05, 4.69) is 16.3 Å².